The Balaban J connectivity index is 0.000000237. The van der Waals surface area contributed by atoms with Crippen molar-refractivity contribution in [3.63, 3.8) is 0 Å². The summed E-state index contributed by atoms with van der Waals surface area (Å²) >= 11 is 7.58. The molecule has 0 heterocycles. The maximum Gasteiger partial charge on any atom is 0.0620 e. The Morgan fingerprint density at radius 1 is 0.171 bits per heavy atom. The second kappa shape index (κ2) is 35.9. The zero-order chi connectivity index (χ0) is 95.2. The Morgan fingerprint density at radius 3 is 0.605 bits per heavy atom. The molecule has 5 heteroatoms. The molecule has 0 fully saturated rings. The number of fused-ring (bicyclic) bond motifs is 4. The van der Waals surface area contributed by atoms with Gasteiger partial charge in [-0.2, -0.15) is 0 Å². The van der Waals surface area contributed by atoms with E-state index in [0.717, 1.165) is 8.95 Å². The second-order valence-electron chi connectivity index (χ2n) is 49.1. The lowest BCUT2D eigenvalue weighted by molar-refractivity contribution is 0.567. The fraction of sp³-hybridized carbons (Fsp3) is 0.387. The number of hydrogen-bond donors (Lipinski definition) is 1. The van der Waals surface area contributed by atoms with Crippen molar-refractivity contribution in [3.8, 4) is 22.3 Å². The van der Waals surface area contributed by atoms with Gasteiger partial charge in [-0.15, -0.1) is 0 Å². The molecule has 0 bridgehead atoms. The second-order valence-corrected chi connectivity index (χ2v) is 50.7. The van der Waals surface area contributed by atoms with E-state index in [9.17, 15) is 0 Å². The van der Waals surface area contributed by atoms with Crippen molar-refractivity contribution >= 4 is 120 Å². The summed E-state index contributed by atoms with van der Waals surface area (Å²) in [6.07, 6.45) is 0. The third-order valence-electron chi connectivity index (χ3n) is 25.8. The van der Waals surface area contributed by atoms with Gasteiger partial charge in [0.25, 0.3) is 0 Å². The molecule has 0 unspecified atom stereocenters. The number of rotatable bonds is 10. The minimum atomic E-state index is -0.110. The van der Waals surface area contributed by atoms with E-state index in [1.165, 1.54) is 178 Å². The number of nitrogens with zero attached hydrogens (tertiary/aromatic N) is 2. The Hall–Kier alpha value is -9.52. The Morgan fingerprint density at radius 2 is 0.357 bits per heavy atom. The third kappa shape index (κ3) is 22.6. The van der Waals surface area contributed by atoms with Crippen LogP contribution >= 0.6 is 31.9 Å². The molecule has 14 aromatic rings. The van der Waals surface area contributed by atoms with Crippen LogP contribution in [0.3, 0.4) is 0 Å². The molecule has 0 aromatic heterocycles. The quantitative estimate of drug-likeness (QED) is 0.109. The van der Waals surface area contributed by atoms with E-state index in [1.807, 2.05) is 6.07 Å². The molecule has 0 aliphatic heterocycles. The maximum atomic E-state index is 3.80. The average molecular weight is 1840 g/mol. The van der Waals surface area contributed by atoms with Crippen LogP contribution in [0, 0.1) is 0 Å². The number of hydrogen-bond acceptors (Lipinski definition) is 3. The minimum Gasteiger partial charge on any atom is -0.355 e. The molecule has 0 atom stereocenters. The zero-order valence-corrected chi connectivity index (χ0v) is 88.6. The highest BCUT2D eigenvalue weighted by Gasteiger charge is 2.35. The Kier molecular flexibility index (Phi) is 27.4. The van der Waals surface area contributed by atoms with Crippen molar-refractivity contribution in [3.05, 3.63) is 330 Å². The minimum absolute atomic E-state index is 0.106. The monoisotopic (exact) mass is 1840 g/mol. The van der Waals surface area contributed by atoms with E-state index < -0.39 is 0 Å². The summed E-state index contributed by atoms with van der Waals surface area (Å²) in [6, 6.07) is 97.0. The molecule has 0 aliphatic carbocycles. The van der Waals surface area contributed by atoms with Gasteiger partial charge in [-0.3, -0.25) is 0 Å². The lowest BCUT2D eigenvalue weighted by Crippen LogP contribution is -2.22. The average Bonchev–Trinajstić information content (AvgIpc) is 0.714. The molecule has 0 amide bonds. The molecule has 14 rings (SSSR count). The molecule has 0 saturated carbocycles. The van der Waals surface area contributed by atoms with Crippen LogP contribution in [0.15, 0.2) is 264 Å². The normalized spacial score (nSPS) is 13.0. The van der Waals surface area contributed by atoms with E-state index in [0.29, 0.717) is 0 Å². The van der Waals surface area contributed by atoms with E-state index >= 15 is 0 Å². The summed E-state index contributed by atoms with van der Waals surface area (Å²) < 4.78 is 2.31. The highest BCUT2D eigenvalue weighted by Crippen LogP contribution is 2.56. The number of benzene rings is 14. The highest BCUT2D eigenvalue weighted by atomic mass is 79.9. The maximum absolute atomic E-state index is 3.80. The van der Waals surface area contributed by atoms with Gasteiger partial charge in [0.05, 0.1) is 11.4 Å². The molecule has 1 N–H and O–H groups in total. The smallest absolute Gasteiger partial charge is 0.0620 e. The van der Waals surface area contributed by atoms with Crippen LogP contribution in [0.25, 0.3) is 65.3 Å². The van der Waals surface area contributed by atoms with Gasteiger partial charge in [-0.25, -0.2) is 0 Å². The molecule has 0 saturated heterocycles. The lowest BCUT2D eigenvalue weighted by atomic mass is 9.79. The van der Waals surface area contributed by atoms with Gasteiger partial charge < -0.3 is 15.1 Å². The summed E-state index contributed by atoms with van der Waals surface area (Å²) in [7, 11) is 0. The van der Waals surface area contributed by atoms with E-state index in [1.54, 1.807) is 0 Å². The third-order valence-corrected chi connectivity index (χ3v) is 27.5. The molecule has 0 spiro atoms. The van der Waals surface area contributed by atoms with Crippen LogP contribution in [0.4, 0.5) is 45.5 Å². The lowest BCUT2D eigenvalue weighted by Gasteiger charge is -2.37. The fourth-order valence-electron chi connectivity index (χ4n) is 16.8. The van der Waals surface area contributed by atoms with Crippen LogP contribution in [0.1, 0.15) is 316 Å². The first-order valence-electron chi connectivity index (χ1n) is 47.1. The van der Waals surface area contributed by atoms with E-state index in [4.69, 9.17) is 0 Å². The summed E-state index contributed by atoms with van der Waals surface area (Å²) in [4.78, 5) is 5.32. The largest absolute Gasteiger partial charge is 0.355 e. The summed E-state index contributed by atoms with van der Waals surface area (Å²) in [5.74, 6) is 0. The van der Waals surface area contributed by atoms with Crippen LogP contribution in [-0.2, 0) is 65.0 Å². The van der Waals surface area contributed by atoms with Crippen molar-refractivity contribution in [2.75, 3.05) is 15.1 Å². The Bertz CT molecular complexity index is 6020. The molecule has 676 valence electrons. The summed E-state index contributed by atoms with van der Waals surface area (Å²) in [5.41, 5.74) is 29.9. The summed E-state index contributed by atoms with van der Waals surface area (Å²) in [5, 5.41) is 13.4. The molecular weight excluding hydrogens is 1690 g/mol. The fourth-order valence-corrected chi connectivity index (χ4v) is 18.2. The molecule has 0 aliphatic rings. The van der Waals surface area contributed by atoms with Crippen molar-refractivity contribution in [1.82, 2.24) is 0 Å². The van der Waals surface area contributed by atoms with Gasteiger partial charge in [0.2, 0.25) is 0 Å². The van der Waals surface area contributed by atoms with Crippen LogP contribution in [-0.4, -0.2) is 0 Å². The van der Waals surface area contributed by atoms with Crippen molar-refractivity contribution < 1.29 is 0 Å². The highest BCUT2D eigenvalue weighted by molar-refractivity contribution is 9.11. The van der Waals surface area contributed by atoms with Crippen LogP contribution in [0.5, 0.6) is 0 Å². The van der Waals surface area contributed by atoms with Crippen molar-refractivity contribution in [2.45, 2.75) is 314 Å². The van der Waals surface area contributed by atoms with Gasteiger partial charge >= 0.3 is 0 Å². The standard InChI is InChI=1S/C76H96N2.C28H43N.C20H12Br2/c1-69(2,3)51-37-52(70(4,5)6)42-59(41-51)77(60-43-53(71(7,8)9)38-54(44-60)72(10,11)12)67-63-32-28-29-33-64(63)68(66-36-50(34-35-65(66)67)49-30-26-25-27-31-49)78(61-45-55(73(13,14)15)39-56(46-61)74(16,17)18)62-47-57(75(19,20)21)40-58(48-62)76(22,23)24;1-25(2,3)19-13-20(26(4,5)6)16-23(15-19)29-24-17-21(27(7,8)9)14-22(18-24)28(10,11)12;21-19-15-8-4-5-9-16(15)20(22)18-12-14(10-11-17(18)19)13-6-2-1-3-7-13/h25-48H,1-24H3;13-18,29H,1-12H3;1-12H. The molecular formula is C124H151Br2N3. The van der Waals surface area contributed by atoms with Crippen LogP contribution < -0.4 is 15.1 Å². The van der Waals surface area contributed by atoms with Gasteiger partial charge in [-0.1, -0.05) is 419 Å². The van der Waals surface area contributed by atoms with Gasteiger partial charge in [0.1, 0.15) is 0 Å². The van der Waals surface area contributed by atoms with Crippen molar-refractivity contribution in [2.24, 2.45) is 0 Å². The number of nitrogens with one attached hydrogen (secondary N) is 1. The topological polar surface area (TPSA) is 18.5 Å². The van der Waals surface area contributed by atoms with Crippen molar-refractivity contribution in [1.29, 1.82) is 0 Å². The van der Waals surface area contributed by atoms with Gasteiger partial charge in [-0.05, 0) is 292 Å². The van der Waals surface area contributed by atoms with Gasteiger partial charge in [0.15, 0.2) is 0 Å². The number of halogens is 2. The zero-order valence-electron chi connectivity index (χ0n) is 85.4. The first-order chi connectivity index (χ1) is 59.3. The predicted octanol–water partition coefficient (Wildman–Crippen LogP) is 38.8. The molecule has 14 aromatic carbocycles. The van der Waals surface area contributed by atoms with Crippen LogP contribution in [0.2, 0.25) is 0 Å². The predicted molar refractivity (Wildman–Crippen MR) is 579 cm³/mol. The van der Waals surface area contributed by atoms with Gasteiger partial charge in [0, 0.05) is 64.6 Å². The molecule has 0 radical (unpaired) electrons. The SMILES string of the molecule is Brc1c2ccccc2c(Br)c2cc(-c3ccccc3)ccc12.CC(C)(C)c1cc(N(c2cc(C(C)(C)C)cc(C(C)(C)C)c2)c2c3ccccc3c(N(c3cc(C(C)(C)C)cc(C(C)(C)C)c3)c3cc(C(C)(C)C)cc(C(C)(C)C)c3)c3cc(-c4ccccc4)ccc23)cc(C(C)(C)C)c1.CC(C)(C)c1cc(Nc2cc(C(C)(C)C)cc(C(C)(C)C)c2)cc(C(C)(C)C)c1. The Labute approximate surface area is 796 Å². The summed E-state index contributed by atoms with van der Waals surface area (Å²) in [6.45, 7) is 84.1. The van der Waals surface area contributed by atoms with E-state index in [2.05, 4.69) is 545 Å². The first-order valence-corrected chi connectivity index (χ1v) is 48.7. The molecule has 3 nitrogen and oxygen atoms in total. The van der Waals surface area contributed by atoms with E-state index in [-0.39, 0.29) is 65.0 Å². The first kappa shape index (κ1) is 98.5. The number of anilines is 8. The molecule has 129 heavy (non-hydrogen) atoms.